The third kappa shape index (κ3) is 3.30. The Balaban J connectivity index is 2.23. The summed E-state index contributed by atoms with van der Waals surface area (Å²) in [7, 11) is 0. The van der Waals surface area contributed by atoms with Gasteiger partial charge in [0.2, 0.25) is 5.88 Å². The van der Waals surface area contributed by atoms with Crippen LogP contribution in [0.5, 0.6) is 5.88 Å². The third-order valence-electron chi connectivity index (χ3n) is 2.69. The smallest absolute Gasteiger partial charge is 0.224 e. The van der Waals surface area contributed by atoms with Crippen molar-refractivity contribution in [3.8, 4) is 5.88 Å². The fourth-order valence-electron chi connectivity index (χ4n) is 1.70. The van der Waals surface area contributed by atoms with Gasteiger partial charge >= 0.3 is 0 Å². The number of hydrogen-bond acceptors (Lipinski definition) is 3. The fourth-order valence-corrected chi connectivity index (χ4v) is 2.35. The summed E-state index contributed by atoms with van der Waals surface area (Å²) in [6.45, 7) is 2.34. The minimum absolute atomic E-state index is 0.299. The summed E-state index contributed by atoms with van der Waals surface area (Å²) >= 11 is 8.52. The number of pyridine rings is 1. The van der Waals surface area contributed by atoms with Crippen LogP contribution in [0.3, 0.4) is 0 Å². The van der Waals surface area contributed by atoms with Gasteiger partial charge in [0.15, 0.2) is 0 Å². The van der Waals surface area contributed by atoms with Gasteiger partial charge < -0.3 is 10.5 Å². The molecule has 0 aliphatic carbocycles. The molecular weight excluding hydrogens is 324 g/mol. The molecular formula is C14H13BrN2OS. The lowest BCUT2D eigenvalue weighted by atomic mass is 10.1. The first-order valence-corrected chi connectivity index (χ1v) is 6.91. The van der Waals surface area contributed by atoms with E-state index in [1.54, 1.807) is 6.20 Å². The Hall–Kier alpha value is -1.46. The van der Waals surface area contributed by atoms with E-state index in [1.165, 1.54) is 0 Å². The molecule has 1 aromatic carbocycles. The fraction of sp³-hybridized carbons (Fsp3) is 0.143. The largest absolute Gasteiger partial charge is 0.472 e. The summed E-state index contributed by atoms with van der Waals surface area (Å²) in [6.07, 6.45) is 1.69. The Morgan fingerprint density at radius 2 is 2.11 bits per heavy atom. The minimum atomic E-state index is 0.299. The standard InChI is InChI=1S/C14H13BrN2OS/c1-9-6-7-17-14(12(9)13(16)19)18-8-10-4-2-3-5-11(10)15/h2-7H,8H2,1H3,(H2,16,19). The average Bonchev–Trinajstić information content (AvgIpc) is 2.37. The van der Waals surface area contributed by atoms with Crippen LogP contribution in [0.2, 0.25) is 0 Å². The number of aromatic nitrogens is 1. The zero-order chi connectivity index (χ0) is 13.8. The average molecular weight is 337 g/mol. The van der Waals surface area contributed by atoms with Gasteiger partial charge in [0, 0.05) is 16.2 Å². The summed E-state index contributed by atoms with van der Waals surface area (Å²) in [4.78, 5) is 4.50. The number of nitrogens with zero attached hydrogens (tertiary/aromatic N) is 1. The van der Waals surface area contributed by atoms with Crippen LogP contribution in [0, 0.1) is 6.92 Å². The first-order valence-electron chi connectivity index (χ1n) is 5.71. The van der Waals surface area contributed by atoms with E-state index in [0.717, 1.165) is 15.6 Å². The Kier molecular flexibility index (Phi) is 4.50. The second kappa shape index (κ2) is 6.12. The van der Waals surface area contributed by atoms with E-state index in [4.69, 9.17) is 22.7 Å². The number of halogens is 1. The number of thiocarbonyl (C=S) groups is 1. The van der Waals surface area contributed by atoms with Gasteiger partial charge in [0.05, 0.1) is 5.56 Å². The van der Waals surface area contributed by atoms with Crippen molar-refractivity contribution in [1.82, 2.24) is 4.98 Å². The zero-order valence-corrected chi connectivity index (χ0v) is 12.8. The van der Waals surface area contributed by atoms with Crippen molar-refractivity contribution >= 4 is 33.1 Å². The van der Waals surface area contributed by atoms with Crippen molar-refractivity contribution in [1.29, 1.82) is 0 Å². The summed E-state index contributed by atoms with van der Waals surface area (Å²) in [5.74, 6) is 0.475. The number of aryl methyl sites for hydroxylation is 1. The lowest BCUT2D eigenvalue weighted by molar-refractivity contribution is 0.292. The molecule has 2 rings (SSSR count). The second-order valence-electron chi connectivity index (χ2n) is 4.05. The number of benzene rings is 1. The maximum absolute atomic E-state index is 5.74. The predicted octanol–water partition coefficient (Wildman–Crippen LogP) is 3.37. The number of rotatable bonds is 4. The Morgan fingerprint density at radius 1 is 1.37 bits per heavy atom. The Morgan fingerprint density at radius 3 is 2.79 bits per heavy atom. The first-order chi connectivity index (χ1) is 9.09. The molecule has 2 aromatic rings. The van der Waals surface area contributed by atoms with Crippen LogP contribution < -0.4 is 10.5 Å². The van der Waals surface area contributed by atoms with Gasteiger partial charge in [0.25, 0.3) is 0 Å². The van der Waals surface area contributed by atoms with Gasteiger partial charge in [-0.25, -0.2) is 4.98 Å². The Bertz CT molecular complexity index is 616. The van der Waals surface area contributed by atoms with E-state index >= 15 is 0 Å². The minimum Gasteiger partial charge on any atom is -0.472 e. The van der Waals surface area contributed by atoms with Gasteiger partial charge in [-0.3, -0.25) is 0 Å². The van der Waals surface area contributed by atoms with Crippen LogP contribution >= 0.6 is 28.1 Å². The van der Waals surface area contributed by atoms with Crippen LogP contribution in [0.15, 0.2) is 41.0 Å². The molecule has 0 radical (unpaired) electrons. The van der Waals surface area contributed by atoms with Gasteiger partial charge in [-0.2, -0.15) is 0 Å². The van der Waals surface area contributed by atoms with Crippen molar-refractivity contribution in [3.05, 3.63) is 57.7 Å². The van der Waals surface area contributed by atoms with Crippen LogP contribution in [-0.2, 0) is 6.61 Å². The highest BCUT2D eigenvalue weighted by Gasteiger charge is 2.11. The molecule has 2 N–H and O–H groups in total. The highest BCUT2D eigenvalue weighted by atomic mass is 79.9. The zero-order valence-electron chi connectivity index (χ0n) is 10.4. The molecule has 0 aliphatic heterocycles. The highest BCUT2D eigenvalue weighted by Crippen LogP contribution is 2.22. The number of hydrogen-bond donors (Lipinski definition) is 1. The third-order valence-corrected chi connectivity index (χ3v) is 3.67. The summed E-state index contributed by atoms with van der Waals surface area (Å²) in [5.41, 5.74) is 8.42. The van der Waals surface area contributed by atoms with Crippen molar-refractivity contribution in [2.45, 2.75) is 13.5 Å². The van der Waals surface area contributed by atoms with Crippen LogP contribution in [0.4, 0.5) is 0 Å². The van der Waals surface area contributed by atoms with Crippen molar-refractivity contribution in [2.75, 3.05) is 0 Å². The Labute approximate surface area is 125 Å². The van der Waals surface area contributed by atoms with Gasteiger partial charge in [-0.05, 0) is 24.6 Å². The molecule has 98 valence electrons. The molecule has 0 saturated heterocycles. The molecule has 0 saturated carbocycles. The quantitative estimate of drug-likeness (QED) is 0.869. The monoisotopic (exact) mass is 336 g/mol. The van der Waals surface area contributed by atoms with E-state index in [2.05, 4.69) is 20.9 Å². The molecule has 0 spiro atoms. The van der Waals surface area contributed by atoms with Crippen LogP contribution in [-0.4, -0.2) is 9.97 Å². The summed E-state index contributed by atoms with van der Waals surface area (Å²) in [5, 5.41) is 0. The summed E-state index contributed by atoms with van der Waals surface area (Å²) < 4.78 is 6.74. The lowest BCUT2D eigenvalue weighted by Gasteiger charge is -2.12. The van der Waals surface area contributed by atoms with Gasteiger partial charge in [-0.1, -0.05) is 46.3 Å². The molecule has 0 amide bonds. The maximum atomic E-state index is 5.74. The first kappa shape index (κ1) is 14.0. The van der Waals surface area contributed by atoms with Crippen LogP contribution in [0.1, 0.15) is 16.7 Å². The molecule has 0 bridgehead atoms. The second-order valence-corrected chi connectivity index (χ2v) is 5.35. The molecule has 1 aromatic heterocycles. The van der Waals surface area contributed by atoms with Crippen molar-refractivity contribution in [3.63, 3.8) is 0 Å². The SMILES string of the molecule is Cc1ccnc(OCc2ccccc2Br)c1C(N)=S. The van der Waals surface area contributed by atoms with E-state index in [0.29, 0.717) is 23.0 Å². The molecule has 19 heavy (non-hydrogen) atoms. The van der Waals surface area contributed by atoms with E-state index < -0.39 is 0 Å². The summed E-state index contributed by atoms with van der Waals surface area (Å²) in [6, 6.07) is 9.73. The van der Waals surface area contributed by atoms with Crippen molar-refractivity contribution < 1.29 is 4.74 Å². The predicted molar refractivity (Wildman–Crippen MR) is 83.3 cm³/mol. The topological polar surface area (TPSA) is 48.1 Å². The van der Waals surface area contributed by atoms with Crippen molar-refractivity contribution in [2.24, 2.45) is 5.73 Å². The van der Waals surface area contributed by atoms with Crippen LogP contribution in [0.25, 0.3) is 0 Å². The molecule has 5 heteroatoms. The molecule has 0 fully saturated rings. The molecule has 0 unspecified atom stereocenters. The molecule has 0 atom stereocenters. The lowest BCUT2D eigenvalue weighted by Crippen LogP contribution is -2.14. The molecule has 3 nitrogen and oxygen atoms in total. The molecule has 1 heterocycles. The highest BCUT2D eigenvalue weighted by molar-refractivity contribution is 9.10. The van der Waals surface area contributed by atoms with Gasteiger partial charge in [-0.15, -0.1) is 0 Å². The molecule has 0 aliphatic rings. The maximum Gasteiger partial charge on any atom is 0.224 e. The van der Waals surface area contributed by atoms with E-state index in [1.807, 2.05) is 37.3 Å². The van der Waals surface area contributed by atoms with E-state index in [-0.39, 0.29) is 0 Å². The van der Waals surface area contributed by atoms with E-state index in [9.17, 15) is 0 Å². The normalized spacial score (nSPS) is 10.2. The number of nitrogens with two attached hydrogens (primary N) is 1. The number of ether oxygens (including phenoxy) is 1. The van der Waals surface area contributed by atoms with Gasteiger partial charge in [0.1, 0.15) is 11.6 Å².